The minimum absolute atomic E-state index is 0.417. The number of hydrogen-bond acceptors (Lipinski definition) is 5. The summed E-state index contributed by atoms with van der Waals surface area (Å²) in [5.74, 6) is 2.44. The molecular formula is C12H21N3S2. The average Bonchev–Trinajstić information content (AvgIpc) is 2.79. The van der Waals surface area contributed by atoms with Gasteiger partial charge in [0.05, 0.1) is 0 Å². The standard InChI is InChI=1S/C12H21N3S2/c1-4-13-10(3)11-7-14-12(17-11)15-5-6-16-8-9(15)2/h7,9-10,13H,4-6,8H2,1-3H3. The van der Waals surface area contributed by atoms with Crippen LogP contribution in [0, 0.1) is 0 Å². The van der Waals surface area contributed by atoms with Crippen LogP contribution >= 0.6 is 23.1 Å². The third kappa shape index (κ3) is 3.14. The van der Waals surface area contributed by atoms with Crippen LogP contribution in [0.1, 0.15) is 31.7 Å². The fourth-order valence-corrected chi connectivity index (χ4v) is 4.11. The molecule has 2 rings (SSSR count). The molecule has 0 aromatic carbocycles. The van der Waals surface area contributed by atoms with E-state index in [1.807, 2.05) is 29.3 Å². The summed E-state index contributed by atoms with van der Waals surface area (Å²) >= 11 is 3.88. The van der Waals surface area contributed by atoms with E-state index in [0.717, 1.165) is 13.1 Å². The molecule has 0 aliphatic carbocycles. The molecule has 0 spiro atoms. The Hall–Kier alpha value is -0.260. The lowest BCUT2D eigenvalue weighted by Crippen LogP contribution is -2.40. The summed E-state index contributed by atoms with van der Waals surface area (Å²) in [5.41, 5.74) is 0. The highest BCUT2D eigenvalue weighted by molar-refractivity contribution is 7.99. The van der Waals surface area contributed by atoms with Crippen molar-refractivity contribution in [2.24, 2.45) is 0 Å². The van der Waals surface area contributed by atoms with Crippen molar-refractivity contribution in [1.29, 1.82) is 0 Å². The molecule has 2 unspecified atom stereocenters. The normalized spacial score (nSPS) is 22.8. The lowest BCUT2D eigenvalue weighted by Gasteiger charge is -2.32. The van der Waals surface area contributed by atoms with Crippen molar-refractivity contribution >= 4 is 28.2 Å². The molecule has 1 aromatic rings. The van der Waals surface area contributed by atoms with Crippen molar-refractivity contribution in [3.63, 3.8) is 0 Å². The van der Waals surface area contributed by atoms with Gasteiger partial charge in [-0.1, -0.05) is 6.92 Å². The lowest BCUT2D eigenvalue weighted by atomic mass is 10.3. The molecule has 1 N–H and O–H groups in total. The van der Waals surface area contributed by atoms with E-state index >= 15 is 0 Å². The van der Waals surface area contributed by atoms with Crippen LogP contribution in [0.5, 0.6) is 0 Å². The molecule has 5 heteroatoms. The Bertz CT molecular complexity index is 353. The summed E-state index contributed by atoms with van der Waals surface area (Å²) in [7, 11) is 0. The number of thioether (sulfide) groups is 1. The molecule has 0 bridgehead atoms. The largest absolute Gasteiger partial charge is 0.344 e. The average molecular weight is 271 g/mol. The van der Waals surface area contributed by atoms with Gasteiger partial charge in [-0.05, 0) is 20.4 Å². The Morgan fingerprint density at radius 1 is 1.65 bits per heavy atom. The molecule has 0 amide bonds. The minimum atomic E-state index is 0.417. The Balaban J connectivity index is 2.06. The van der Waals surface area contributed by atoms with Crippen LogP contribution in [0.3, 0.4) is 0 Å². The number of anilines is 1. The van der Waals surface area contributed by atoms with Gasteiger partial charge in [0.2, 0.25) is 0 Å². The van der Waals surface area contributed by atoms with Crippen LogP contribution in [0.15, 0.2) is 6.20 Å². The second-order valence-corrected chi connectivity index (χ2v) is 6.63. The molecule has 1 saturated heterocycles. The van der Waals surface area contributed by atoms with Gasteiger partial charge in [-0.2, -0.15) is 11.8 Å². The highest BCUT2D eigenvalue weighted by atomic mass is 32.2. The van der Waals surface area contributed by atoms with Crippen molar-refractivity contribution in [3.05, 3.63) is 11.1 Å². The number of thiazole rings is 1. The van der Waals surface area contributed by atoms with E-state index in [2.05, 4.69) is 36.0 Å². The van der Waals surface area contributed by atoms with E-state index in [1.54, 1.807) is 0 Å². The summed E-state index contributed by atoms with van der Waals surface area (Å²) in [6, 6.07) is 1.03. The quantitative estimate of drug-likeness (QED) is 0.911. The molecule has 2 atom stereocenters. The maximum Gasteiger partial charge on any atom is 0.185 e. The first-order valence-electron chi connectivity index (χ1n) is 6.26. The molecule has 1 fully saturated rings. The first-order chi connectivity index (χ1) is 8.22. The lowest BCUT2D eigenvalue weighted by molar-refractivity contribution is 0.606. The molecule has 1 aliphatic rings. The zero-order valence-corrected chi connectivity index (χ0v) is 12.4. The third-order valence-corrected chi connectivity index (χ3v) is 5.47. The first kappa shape index (κ1) is 13.2. The number of aromatic nitrogens is 1. The summed E-state index contributed by atoms with van der Waals surface area (Å²) in [4.78, 5) is 8.38. The first-order valence-corrected chi connectivity index (χ1v) is 8.23. The zero-order valence-electron chi connectivity index (χ0n) is 10.8. The highest BCUT2D eigenvalue weighted by Crippen LogP contribution is 2.30. The van der Waals surface area contributed by atoms with Crippen LogP contribution in [-0.2, 0) is 0 Å². The molecule has 1 aromatic heterocycles. The smallest absolute Gasteiger partial charge is 0.185 e. The molecular weight excluding hydrogens is 250 g/mol. The van der Waals surface area contributed by atoms with Gasteiger partial charge in [0.25, 0.3) is 0 Å². The molecule has 3 nitrogen and oxygen atoms in total. The van der Waals surface area contributed by atoms with Crippen LogP contribution in [0.2, 0.25) is 0 Å². The van der Waals surface area contributed by atoms with Gasteiger partial charge in [0, 0.05) is 41.2 Å². The van der Waals surface area contributed by atoms with Crippen LogP contribution in [-0.4, -0.2) is 35.6 Å². The molecule has 0 radical (unpaired) electrons. The maximum atomic E-state index is 4.59. The SMILES string of the molecule is CCNC(C)c1cnc(N2CCSCC2C)s1. The van der Waals surface area contributed by atoms with Crippen molar-refractivity contribution in [2.45, 2.75) is 32.9 Å². The van der Waals surface area contributed by atoms with E-state index in [0.29, 0.717) is 12.1 Å². The maximum absolute atomic E-state index is 4.59. The summed E-state index contributed by atoms with van der Waals surface area (Å²) in [6.45, 7) is 8.78. The molecule has 96 valence electrons. The van der Waals surface area contributed by atoms with Crippen molar-refractivity contribution in [1.82, 2.24) is 10.3 Å². The van der Waals surface area contributed by atoms with E-state index in [4.69, 9.17) is 0 Å². The summed E-state index contributed by atoms with van der Waals surface area (Å²) in [5, 5.41) is 4.63. The van der Waals surface area contributed by atoms with Crippen LogP contribution in [0.4, 0.5) is 5.13 Å². The predicted molar refractivity (Wildman–Crippen MR) is 78.3 cm³/mol. The van der Waals surface area contributed by atoms with Gasteiger partial charge >= 0.3 is 0 Å². The predicted octanol–water partition coefficient (Wildman–Crippen LogP) is 2.76. The van der Waals surface area contributed by atoms with Gasteiger partial charge in [-0.3, -0.25) is 0 Å². The molecule has 0 saturated carbocycles. The number of nitrogens with one attached hydrogen (secondary N) is 1. The number of nitrogens with zero attached hydrogens (tertiary/aromatic N) is 2. The van der Waals surface area contributed by atoms with Gasteiger partial charge in [-0.15, -0.1) is 11.3 Å². The fourth-order valence-electron chi connectivity index (χ4n) is 2.03. The molecule has 2 heterocycles. The topological polar surface area (TPSA) is 28.2 Å². The highest BCUT2D eigenvalue weighted by Gasteiger charge is 2.22. The third-order valence-electron chi connectivity index (χ3n) is 3.06. The van der Waals surface area contributed by atoms with E-state index in [9.17, 15) is 0 Å². The monoisotopic (exact) mass is 271 g/mol. The second-order valence-electron chi connectivity index (χ2n) is 4.44. The van der Waals surface area contributed by atoms with Gasteiger partial charge in [0.15, 0.2) is 5.13 Å². The van der Waals surface area contributed by atoms with Crippen molar-refractivity contribution < 1.29 is 0 Å². The van der Waals surface area contributed by atoms with E-state index in [1.165, 1.54) is 21.5 Å². The molecule has 17 heavy (non-hydrogen) atoms. The Morgan fingerprint density at radius 3 is 3.18 bits per heavy atom. The number of rotatable bonds is 4. The van der Waals surface area contributed by atoms with E-state index < -0.39 is 0 Å². The van der Waals surface area contributed by atoms with Gasteiger partial charge < -0.3 is 10.2 Å². The van der Waals surface area contributed by atoms with Crippen molar-refractivity contribution in [3.8, 4) is 0 Å². The van der Waals surface area contributed by atoms with Crippen LogP contribution < -0.4 is 10.2 Å². The van der Waals surface area contributed by atoms with E-state index in [-0.39, 0.29) is 0 Å². The zero-order chi connectivity index (χ0) is 12.3. The molecule has 1 aliphatic heterocycles. The Labute approximate surface area is 112 Å². The fraction of sp³-hybridized carbons (Fsp3) is 0.750. The van der Waals surface area contributed by atoms with Crippen molar-refractivity contribution in [2.75, 3.05) is 29.5 Å². The Morgan fingerprint density at radius 2 is 2.47 bits per heavy atom. The second kappa shape index (κ2) is 6.07. The van der Waals surface area contributed by atoms with Gasteiger partial charge in [0.1, 0.15) is 0 Å². The number of hydrogen-bond donors (Lipinski definition) is 1. The van der Waals surface area contributed by atoms with Crippen LogP contribution in [0.25, 0.3) is 0 Å². The minimum Gasteiger partial charge on any atom is -0.344 e. The summed E-state index contributed by atoms with van der Waals surface area (Å²) in [6.07, 6.45) is 2.03. The van der Waals surface area contributed by atoms with Gasteiger partial charge in [-0.25, -0.2) is 4.98 Å². The Kier molecular flexibility index (Phi) is 4.70. The summed E-state index contributed by atoms with van der Waals surface area (Å²) < 4.78 is 0.